The predicted octanol–water partition coefficient (Wildman–Crippen LogP) is 3.80. The van der Waals surface area contributed by atoms with E-state index in [1.807, 2.05) is 0 Å². The highest BCUT2D eigenvalue weighted by Crippen LogP contribution is 2.34. The molecule has 0 unspecified atom stereocenters. The maximum absolute atomic E-state index is 13.1. The lowest BCUT2D eigenvalue weighted by atomic mass is 9.98. The second-order valence-corrected chi connectivity index (χ2v) is 9.87. The molecule has 0 bridgehead atoms. The van der Waals surface area contributed by atoms with Gasteiger partial charge >= 0.3 is 0 Å². The molecule has 4 rings (SSSR count). The number of rotatable bonds is 4. The van der Waals surface area contributed by atoms with Gasteiger partial charge in [-0.05, 0) is 43.2 Å². The molecule has 0 aliphatic carbocycles. The molecule has 0 radical (unpaired) electrons. The third kappa shape index (κ3) is 4.37. The molecule has 1 saturated heterocycles. The number of carbonyl (C=O) groups is 1. The monoisotopic (exact) mass is 470 g/mol. The van der Waals surface area contributed by atoms with E-state index in [4.69, 9.17) is 32.7 Å². The highest BCUT2D eigenvalue weighted by atomic mass is 35.5. The summed E-state index contributed by atoms with van der Waals surface area (Å²) in [5.41, 5.74) is 0.571. The predicted molar refractivity (Wildman–Crippen MR) is 114 cm³/mol. The highest BCUT2D eigenvalue weighted by molar-refractivity contribution is 7.89. The number of nitrogens with one attached hydrogen (secondary N) is 1. The zero-order valence-corrected chi connectivity index (χ0v) is 18.3. The second-order valence-electron chi connectivity index (χ2n) is 7.12. The van der Waals surface area contributed by atoms with E-state index in [1.165, 1.54) is 22.5 Å². The van der Waals surface area contributed by atoms with Crippen LogP contribution >= 0.6 is 23.2 Å². The summed E-state index contributed by atoms with van der Waals surface area (Å²) >= 11 is 12.1. The van der Waals surface area contributed by atoms with Crippen molar-refractivity contribution in [2.45, 2.75) is 17.7 Å². The van der Waals surface area contributed by atoms with Gasteiger partial charge in [0, 0.05) is 29.9 Å². The van der Waals surface area contributed by atoms with Crippen LogP contribution in [0.2, 0.25) is 10.0 Å². The van der Waals surface area contributed by atoms with E-state index in [0.717, 1.165) is 0 Å². The number of hydrogen-bond donors (Lipinski definition) is 1. The topological polar surface area (TPSA) is 84.9 Å². The maximum atomic E-state index is 13.1. The van der Waals surface area contributed by atoms with Gasteiger partial charge in [-0.2, -0.15) is 4.31 Å². The van der Waals surface area contributed by atoms with E-state index in [0.29, 0.717) is 49.8 Å². The van der Waals surface area contributed by atoms with Crippen LogP contribution in [0.3, 0.4) is 0 Å². The minimum absolute atomic E-state index is 0.0513. The molecule has 2 aliphatic heterocycles. The number of nitrogens with zero attached hydrogens (tertiary/aromatic N) is 1. The Morgan fingerprint density at radius 3 is 2.63 bits per heavy atom. The number of piperidine rings is 1. The molecule has 2 aliphatic rings. The summed E-state index contributed by atoms with van der Waals surface area (Å²) in [5.74, 6) is 0.471. The van der Waals surface area contributed by atoms with E-state index in [1.54, 1.807) is 18.2 Å². The van der Waals surface area contributed by atoms with Crippen molar-refractivity contribution in [1.29, 1.82) is 0 Å². The Morgan fingerprint density at radius 2 is 1.83 bits per heavy atom. The molecule has 1 fully saturated rings. The van der Waals surface area contributed by atoms with Crippen molar-refractivity contribution in [2.75, 3.05) is 31.6 Å². The third-order valence-electron chi connectivity index (χ3n) is 5.08. The van der Waals surface area contributed by atoms with E-state index < -0.39 is 15.9 Å². The average molecular weight is 471 g/mol. The zero-order valence-electron chi connectivity index (χ0n) is 15.9. The summed E-state index contributed by atoms with van der Waals surface area (Å²) < 4.78 is 38.4. The van der Waals surface area contributed by atoms with Crippen LogP contribution in [-0.2, 0) is 14.8 Å². The summed E-state index contributed by atoms with van der Waals surface area (Å²) in [7, 11) is -3.87. The molecule has 1 amide bonds. The lowest BCUT2D eigenvalue weighted by molar-refractivity contribution is -0.120. The number of halogens is 2. The van der Waals surface area contributed by atoms with Crippen LogP contribution in [-0.4, -0.2) is 44.9 Å². The van der Waals surface area contributed by atoms with Gasteiger partial charge in [0.1, 0.15) is 18.1 Å². The van der Waals surface area contributed by atoms with Gasteiger partial charge in [-0.15, -0.1) is 0 Å². The largest absolute Gasteiger partial charge is 0.486 e. The quantitative estimate of drug-likeness (QED) is 0.734. The molecular weight excluding hydrogens is 451 g/mol. The molecule has 10 heteroatoms. The summed E-state index contributed by atoms with van der Waals surface area (Å²) in [6.07, 6.45) is 1.16. The van der Waals surface area contributed by atoms with Crippen LogP contribution in [0.4, 0.5) is 5.69 Å². The van der Waals surface area contributed by atoms with Gasteiger partial charge in [-0.25, -0.2) is 8.42 Å². The number of carbonyl (C=O) groups excluding carboxylic acids is 1. The average Bonchev–Trinajstić information content (AvgIpc) is 2.75. The Bertz CT molecular complexity index is 1080. The van der Waals surface area contributed by atoms with E-state index in [-0.39, 0.29) is 27.4 Å². The van der Waals surface area contributed by atoms with Crippen LogP contribution in [0.25, 0.3) is 0 Å². The lowest BCUT2D eigenvalue weighted by Crippen LogP contribution is -2.43. The van der Waals surface area contributed by atoms with E-state index in [9.17, 15) is 13.2 Å². The first-order chi connectivity index (χ1) is 14.3. The van der Waals surface area contributed by atoms with Gasteiger partial charge in [-0.3, -0.25) is 4.79 Å². The first kappa shape index (κ1) is 21.2. The van der Waals surface area contributed by atoms with Crippen molar-refractivity contribution in [3.63, 3.8) is 0 Å². The summed E-state index contributed by atoms with van der Waals surface area (Å²) in [6, 6.07) is 9.49. The SMILES string of the molecule is O=C(Nc1ccc2c(c1)OCCO2)[C@H]1CCCN(S(=O)(=O)c2cc(Cl)ccc2Cl)C1. The molecular formula is C20H20Cl2N2O5S. The molecule has 2 aromatic rings. The van der Waals surface area contributed by atoms with Crippen LogP contribution < -0.4 is 14.8 Å². The Kier molecular flexibility index (Phi) is 6.11. The van der Waals surface area contributed by atoms with Crippen LogP contribution in [0.15, 0.2) is 41.3 Å². The van der Waals surface area contributed by atoms with Crippen LogP contribution in [0, 0.1) is 5.92 Å². The van der Waals surface area contributed by atoms with Crippen molar-refractivity contribution in [3.8, 4) is 11.5 Å². The number of amides is 1. The fourth-order valence-corrected chi connectivity index (χ4v) is 5.82. The van der Waals surface area contributed by atoms with Crippen molar-refractivity contribution < 1.29 is 22.7 Å². The van der Waals surface area contributed by atoms with Crippen molar-refractivity contribution >= 4 is 44.8 Å². The molecule has 2 aromatic carbocycles. The zero-order chi connectivity index (χ0) is 21.3. The molecule has 30 heavy (non-hydrogen) atoms. The standard InChI is InChI=1S/C20H20Cl2N2O5S/c21-14-3-5-16(22)19(10-14)30(26,27)24-7-1-2-13(12-24)20(25)23-15-4-6-17-18(11-15)29-9-8-28-17/h3-6,10-11,13H,1-2,7-9,12H2,(H,23,25)/t13-/m0/s1. The minimum Gasteiger partial charge on any atom is -0.486 e. The molecule has 0 aromatic heterocycles. The van der Waals surface area contributed by atoms with Gasteiger partial charge < -0.3 is 14.8 Å². The number of benzene rings is 2. The van der Waals surface area contributed by atoms with Gasteiger partial charge in [0.2, 0.25) is 15.9 Å². The number of anilines is 1. The van der Waals surface area contributed by atoms with Crippen molar-refractivity contribution in [3.05, 3.63) is 46.4 Å². The first-order valence-corrected chi connectivity index (χ1v) is 11.7. The highest BCUT2D eigenvalue weighted by Gasteiger charge is 2.34. The molecule has 1 N–H and O–H groups in total. The molecule has 7 nitrogen and oxygen atoms in total. The molecule has 1 atom stereocenters. The second kappa shape index (κ2) is 8.63. The summed E-state index contributed by atoms with van der Waals surface area (Å²) in [4.78, 5) is 12.8. The van der Waals surface area contributed by atoms with Gasteiger partial charge in [0.15, 0.2) is 11.5 Å². The van der Waals surface area contributed by atoms with Crippen molar-refractivity contribution in [1.82, 2.24) is 4.31 Å². The van der Waals surface area contributed by atoms with Gasteiger partial charge in [0.25, 0.3) is 0 Å². The van der Waals surface area contributed by atoms with Crippen molar-refractivity contribution in [2.24, 2.45) is 5.92 Å². The maximum Gasteiger partial charge on any atom is 0.244 e. The van der Waals surface area contributed by atoms with Crippen LogP contribution in [0.1, 0.15) is 12.8 Å². The summed E-state index contributed by atoms with van der Waals surface area (Å²) in [6.45, 7) is 1.33. The van der Waals surface area contributed by atoms with Crippen LogP contribution in [0.5, 0.6) is 11.5 Å². The molecule has 0 saturated carbocycles. The van der Waals surface area contributed by atoms with Gasteiger partial charge in [-0.1, -0.05) is 23.2 Å². The lowest BCUT2D eigenvalue weighted by Gasteiger charge is -2.31. The number of ether oxygens (including phenoxy) is 2. The summed E-state index contributed by atoms with van der Waals surface area (Å²) in [5, 5.41) is 3.23. The number of sulfonamides is 1. The Hall–Kier alpha value is -2.00. The van der Waals surface area contributed by atoms with E-state index in [2.05, 4.69) is 5.32 Å². The molecule has 0 spiro atoms. The third-order valence-corrected chi connectivity index (χ3v) is 7.66. The Morgan fingerprint density at radius 1 is 1.07 bits per heavy atom. The molecule has 2 heterocycles. The smallest absolute Gasteiger partial charge is 0.244 e. The Balaban J connectivity index is 1.48. The fraction of sp³-hybridized carbons (Fsp3) is 0.350. The number of hydrogen-bond acceptors (Lipinski definition) is 5. The first-order valence-electron chi connectivity index (χ1n) is 9.50. The van der Waals surface area contributed by atoms with Gasteiger partial charge in [0.05, 0.1) is 10.9 Å². The number of fused-ring (bicyclic) bond motifs is 1. The Labute approximate surface area is 184 Å². The fourth-order valence-electron chi connectivity index (χ4n) is 3.55. The normalized spacial score (nSPS) is 19.3. The van der Waals surface area contributed by atoms with E-state index >= 15 is 0 Å². The minimum atomic E-state index is -3.87. The molecule has 160 valence electrons.